The number of carbonyl (C=O) groups excluding carboxylic acids is 4. The first kappa shape index (κ1) is 81.1. The number of esters is 4. The predicted molar refractivity (Wildman–Crippen MR) is 410 cm³/mol. The summed E-state index contributed by atoms with van der Waals surface area (Å²) < 4.78 is 17.5. The number of carbonyl (C=O) groups is 10. The van der Waals surface area contributed by atoms with Crippen LogP contribution in [-0.2, 0) is 66.9 Å². The number of allylic oxidation sites excluding steroid dienone is 16. The van der Waals surface area contributed by atoms with Gasteiger partial charge in [0, 0.05) is 24.3 Å². The first-order valence-electron chi connectivity index (χ1n) is 41.9. The highest BCUT2D eigenvalue weighted by atomic mass is 16.5. The van der Waals surface area contributed by atoms with Crippen LogP contribution in [0.4, 0.5) is 0 Å². The molecular formula is C91H118O20. The highest BCUT2D eigenvalue weighted by Crippen LogP contribution is 2.70. The molecule has 0 spiro atoms. The van der Waals surface area contributed by atoms with E-state index < -0.39 is 83.4 Å². The molecule has 0 saturated heterocycles. The zero-order valence-electron chi connectivity index (χ0n) is 64.8. The van der Waals surface area contributed by atoms with E-state index in [2.05, 4.69) is 91.9 Å². The third-order valence-electron chi connectivity index (χ3n) is 31.4. The van der Waals surface area contributed by atoms with Gasteiger partial charge < -0.3 is 49.6 Å². The number of carboxylic acid groups (broad SMARTS) is 6. The van der Waals surface area contributed by atoms with Gasteiger partial charge in [-0.25, -0.2) is 19.2 Å². The van der Waals surface area contributed by atoms with Crippen molar-refractivity contribution in [3.8, 4) is 0 Å². The van der Waals surface area contributed by atoms with Crippen LogP contribution in [0.25, 0.3) is 0 Å². The Bertz CT molecular complexity index is 3590. The molecule has 0 heterocycles. The van der Waals surface area contributed by atoms with Gasteiger partial charge in [-0.1, -0.05) is 110 Å². The molecule has 0 aromatic heterocycles. The van der Waals surface area contributed by atoms with Crippen molar-refractivity contribution in [1.82, 2.24) is 0 Å². The molecule has 20 nitrogen and oxygen atoms in total. The summed E-state index contributed by atoms with van der Waals surface area (Å²) in [4.78, 5) is 106. The average molecular weight is 1530 g/mol. The van der Waals surface area contributed by atoms with E-state index in [1.54, 1.807) is 32.1 Å². The quantitative estimate of drug-likeness (QED) is 0.0389. The van der Waals surface area contributed by atoms with Crippen molar-refractivity contribution < 1.29 is 97.5 Å². The molecular weight excluding hydrogens is 1410 g/mol. The maximum absolute atomic E-state index is 11.4. The minimum Gasteiger partial charge on any atom is -0.481 e. The van der Waals surface area contributed by atoms with Gasteiger partial charge in [-0.2, -0.15) is 0 Å². The number of hydrogen-bond acceptors (Lipinski definition) is 14. The third kappa shape index (κ3) is 17.5. The standard InChI is InChI=1S/C15H18.2C10H12O4.2C10H14.C10H12.2C8H12O2.2C5H6O4/c1-2-10-11(3-1)13-7-12(10)14-8-4-5-9(6-8)15(13)14;2*1-14-10(13)8-6-3-2-5(4-6)7(8)9(11)12;3*1-2-9-7-4-5-8(6-7)10(9)3-1;2*9-8(10)7-4-5-1-2-6(7)3-5;2*1-9-5(8)3-2-4(6)7/h1-2,4-5,8-15H,3,6-7H2;2*2-3,5-8H,4H2,1H3,(H,11,12);2*1-2,7-10H,3-6H2;1-2,4-5,7-10H,3,6H2;2*5-7H,1-4H2,(H,9,10);2*2-3H,1H3,(H,6,7)/b;;;;;;;;2*3-2-. The Kier molecular flexibility index (Phi) is 26.1. The molecule has 22 aliphatic carbocycles. The number of fused-ring (bicyclic) bond motifs is 35. The molecule has 18 bridgehead atoms. The number of methoxy groups -OCH3 is 4. The first-order valence-corrected chi connectivity index (χ1v) is 41.9. The normalized spacial score (nSPS) is 43.2. The van der Waals surface area contributed by atoms with Crippen LogP contribution in [0.1, 0.15) is 148 Å². The van der Waals surface area contributed by atoms with Gasteiger partial charge in [0.2, 0.25) is 0 Å². The third-order valence-corrected chi connectivity index (χ3v) is 31.4. The van der Waals surface area contributed by atoms with Crippen molar-refractivity contribution >= 4 is 59.7 Å². The van der Waals surface area contributed by atoms with Crippen LogP contribution in [0.15, 0.2) is 122 Å². The monoisotopic (exact) mass is 1530 g/mol. The summed E-state index contributed by atoms with van der Waals surface area (Å²) in [7, 11) is 4.96. The molecule has 14 saturated carbocycles. The summed E-state index contributed by atoms with van der Waals surface area (Å²) in [6.45, 7) is 0. The molecule has 6 N–H and O–H groups in total. The SMILES string of the molecule is C1=CC2C(C1)C1CC2C2C3C=CC(C3)C12.C1=CC2C3C=CC(C3)C2C1.C1=CC2C3CCC(C3)C2C1.C1=CC2C3CCC(C3)C2C1.COC(=O)/C=C\C(=O)O.COC(=O)/C=C\C(=O)O.COC(=O)C1C2C=CC(C2)C1C(=O)O.COC(=O)C1C2C=CC(C2)C1C(=O)O.O=C(O)C1CC2CCC1C2.O=C(O)C1CC2CCC1C2. The lowest BCUT2D eigenvalue weighted by atomic mass is 9.66. The minimum atomic E-state index is -1.17. The van der Waals surface area contributed by atoms with Crippen molar-refractivity contribution in [3.05, 3.63) is 122 Å². The maximum Gasteiger partial charge on any atom is 0.330 e. The van der Waals surface area contributed by atoms with Gasteiger partial charge >= 0.3 is 59.7 Å². The van der Waals surface area contributed by atoms with Crippen LogP contribution >= 0.6 is 0 Å². The minimum absolute atomic E-state index is 0.0127. The predicted octanol–water partition coefficient (Wildman–Crippen LogP) is 14.8. The Labute approximate surface area is 652 Å². The molecule has 602 valence electrons. The summed E-state index contributed by atoms with van der Waals surface area (Å²) in [5.41, 5.74) is 0. The lowest BCUT2D eigenvalue weighted by Gasteiger charge is -2.38. The number of carboxylic acids is 6. The summed E-state index contributed by atoms with van der Waals surface area (Å²) in [6, 6.07) is 0. The lowest BCUT2D eigenvalue weighted by molar-refractivity contribution is -0.156. The Morgan fingerprint density at radius 3 is 1.02 bits per heavy atom. The summed E-state index contributed by atoms with van der Waals surface area (Å²) in [5.74, 6) is 14.3. The van der Waals surface area contributed by atoms with E-state index in [0.717, 1.165) is 168 Å². The molecule has 0 aliphatic heterocycles. The fraction of sp³-hybridized carbons (Fsp3) is 0.670. The van der Waals surface area contributed by atoms with Gasteiger partial charge in [-0.3, -0.25) is 28.8 Å². The zero-order chi connectivity index (χ0) is 78.6. The first-order chi connectivity index (χ1) is 53.4. The smallest absolute Gasteiger partial charge is 0.330 e. The molecule has 34 atom stereocenters. The highest BCUT2D eigenvalue weighted by molar-refractivity contribution is 5.91. The molecule has 0 amide bonds. The second-order valence-electron chi connectivity index (χ2n) is 36.3. The molecule has 111 heavy (non-hydrogen) atoms. The number of hydrogen-bond donors (Lipinski definition) is 6. The van der Waals surface area contributed by atoms with Crippen molar-refractivity contribution in [3.63, 3.8) is 0 Å². The summed E-state index contributed by atoms with van der Waals surface area (Å²) in [6.07, 6.45) is 70.7. The number of rotatable bonds is 10. The topological polar surface area (TPSA) is 329 Å². The largest absolute Gasteiger partial charge is 0.481 e. The maximum atomic E-state index is 11.4. The zero-order valence-corrected chi connectivity index (χ0v) is 64.8. The van der Waals surface area contributed by atoms with E-state index in [0.29, 0.717) is 24.0 Å². The van der Waals surface area contributed by atoms with Crippen LogP contribution in [0.2, 0.25) is 0 Å². The number of ether oxygens (including phenoxy) is 4. The van der Waals surface area contributed by atoms with Crippen molar-refractivity contribution in [2.24, 2.45) is 201 Å². The van der Waals surface area contributed by atoms with Gasteiger partial charge in [-0.15, -0.1) is 0 Å². The van der Waals surface area contributed by atoms with E-state index >= 15 is 0 Å². The van der Waals surface area contributed by atoms with Crippen LogP contribution in [0.5, 0.6) is 0 Å². The van der Waals surface area contributed by atoms with Gasteiger partial charge in [-0.05, 0) is 301 Å². The fourth-order valence-corrected chi connectivity index (χ4v) is 26.9. The lowest BCUT2D eigenvalue weighted by Crippen LogP contribution is -2.34. The molecule has 22 aliphatic rings. The highest BCUT2D eigenvalue weighted by Gasteiger charge is 2.64. The second-order valence-corrected chi connectivity index (χ2v) is 36.3. The summed E-state index contributed by atoms with van der Waals surface area (Å²) >= 11 is 0. The van der Waals surface area contributed by atoms with Gasteiger partial charge in [0.1, 0.15) is 0 Å². The Hall–Kier alpha value is -7.90. The van der Waals surface area contributed by atoms with Crippen LogP contribution < -0.4 is 0 Å². The Morgan fingerprint density at radius 2 is 0.640 bits per heavy atom. The molecule has 22 rings (SSSR count). The van der Waals surface area contributed by atoms with Crippen molar-refractivity contribution in [2.75, 3.05) is 28.4 Å². The van der Waals surface area contributed by atoms with E-state index in [-0.39, 0.29) is 35.5 Å². The van der Waals surface area contributed by atoms with Crippen molar-refractivity contribution in [1.29, 1.82) is 0 Å². The average Bonchev–Trinajstić information content (AvgIpc) is 1.53. The van der Waals surface area contributed by atoms with Crippen molar-refractivity contribution in [2.45, 2.75) is 148 Å². The fourth-order valence-electron chi connectivity index (χ4n) is 26.9. The van der Waals surface area contributed by atoms with Crippen LogP contribution in [0.3, 0.4) is 0 Å². The molecule has 0 aromatic rings. The van der Waals surface area contributed by atoms with Gasteiger partial charge in [0.25, 0.3) is 0 Å². The van der Waals surface area contributed by atoms with Gasteiger partial charge in [0.05, 0.1) is 63.9 Å². The van der Waals surface area contributed by atoms with E-state index in [9.17, 15) is 47.9 Å². The second kappa shape index (κ2) is 35.6. The van der Waals surface area contributed by atoms with Crippen LogP contribution in [-0.4, -0.2) is 119 Å². The molecule has 20 heteroatoms. The van der Waals surface area contributed by atoms with Crippen LogP contribution in [0, 0.1) is 201 Å². The molecule has 0 radical (unpaired) electrons. The van der Waals surface area contributed by atoms with E-state index in [1.807, 2.05) is 24.3 Å². The van der Waals surface area contributed by atoms with E-state index in [1.165, 1.54) is 118 Å². The Morgan fingerprint density at radius 1 is 0.279 bits per heavy atom. The van der Waals surface area contributed by atoms with Gasteiger partial charge in [0.15, 0.2) is 0 Å². The summed E-state index contributed by atoms with van der Waals surface area (Å²) in [5, 5.41) is 51.4. The van der Waals surface area contributed by atoms with E-state index in [4.69, 9.17) is 30.6 Å². The molecule has 14 fully saturated rings. The Balaban J connectivity index is 0.000000109. The number of aliphatic carboxylic acids is 6. The molecule has 34 unspecified atom stereocenters. The molecule has 0 aromatic carbocycles.